The van der Waals surface area contributed by atoms with Crippen LogP contribution in [0, 0.1) is 10.1 Å². The van der Waals surface area contributed by atoms with Crippen molar-refractivity contribution >= 4 is 17.5 Å². The van der Waals surface area contributed by atoms with E-state index in [1.807, 2.05) is 13.8 Å². The molecule has 0 unspecified atom stereocenters. The highest BCUT2D eigenvalue weighted by molar-refractivity contribution is 5.90. The lowest BCUT2D eigenvalue weighted by molar-refractivity contribution is -0.384. The number of hydrogen-bond acceptors (Lipinski definition) is 7. The first kappa shape index (κ1) is 20.8. The van der Waals surface area contributed by atoms with Crippen molar-refractivity contribution in [2.24, 2.45) is 0 Å². The Morgan fingerprint density at radius 2 is 1.93 bits per heavy atom. The van der Waals surface area contributed by atoms with Crippen LogP contribution in [0.4, 0.5) is 11.6 Å². The van der Waals surface area contributed by atoms with E-state index in [-0.39, 0.29) is 24.1 Å². The number of benzene rings is 2. The fraction of sp³-hybridized carbons (Fsp3) is 0.238. The average molecular weight is 411 g/mol. The molecule has 0 atom stereocenters. The van der Waals surface area contributed by atoms with Gasteiger partial charge in [-0.15, -0.1) is 0 Å². The van der Waals surface area contributed by atoms with Crippen LogP contribution in [0.15, 0.2) is 53.1 Å². The van der Waals surface area contributed by atoms with E-state index < -0.39 is 10.8 Å². The van der Waals surface area contributed by atoms with Crippen LogP contribution in [-0.4, -0.2) is 29.7 Å². The topological polar surface area (TPSA) is 117 Å². The summed E-state index contributed by atoms with van der Waals surface area (Å²) in [4.78, 5) is 22.9. The smallest absolute Gasteiger partial charge is 0.270 e. The van der Waals surface area contributed by atoms with E-state index >= 15 is 0 Å². The lowest BCUT2D eigenvalue weighted by Crippen LogP contribution is -2.20. The Hall–Kier alpha value is -3.88. The van der Waals surface area contributed by atoms with E-state index in [1.165, 1.54) is 18.2 Å². The summed E-state index contributed by atoms with van der Waals surface area (Å²) in [7, 11) is 1.55. The van der Waals surface area contributed by atoms with Gasteiger partial charge in [-0.05, 0) is 29.7 Å². The number of ether oxygens (including phenoxy) is 2. The summed E-state index contributed by atoms with van der Waals surface area (Å²) in [6.07, 6.45) is 0. The van der Waals surface area contributed by atoms with Gasteiger partial charge >= 0.3 is 0 Å². The third kappa shape index (κ3) is 4.93. The molecule has 2 aromatic carbocycles. The Bertz CT molecular complexity index is 1040. The van der Waals surface area contributed by atoms with Crippen molar-refractivity contribution in [3.05, 3.63) is 64.3 Å². The van der Waals surface area contributed by atoms with Crippen LogP contribution in [0.25, 0.3) is 11.1 Å². The molecule has 156 valence electrons. The zero-order chi connectivity index (χ0) is 21.7. The number of nitro benzene ring substituents is 1. The lowest BCUT2D eigenvalue weighted by Gasteiger charge is -2.12. The van der Waals surface area contributed by atoms with E-state index in [9.17, 15) is 14.9 Å². The van der Waals surface area contributed by atoms with Crippen molar-refractivity contribution in [1.82, 2.24) is 5.16 Å². The van der Waals surface area contributed by atoms with Crippen molar-refractivity contribution in [2.45, 2.75) is 19.8 Å². The standard InChI is InChI=1S/C21H21N3O6/c1-13(2)18-11-21(30-23-18)22-20(25)12-29-19-9-6-15(24(26)27)10-17(19)14-4-7-16(28-3)8-5-14/h4-11,13H,12H2,1-3H3,(H,22,25). The lowest BCUT2D eigenvalue weighted by atomic mass is 10.0. The number of hydrogen-bond donors (Lipinski definition) is 1. The van der Waals surface area contributed by atoms with Gasteiger partial charge in [-0.3, -0.25) is 20.2 Å². The first-order chi connectivity index (χ1) is 14.4. The maximum Gasteiger partial charge on any atom is 0.270 e. The van der Waals surface area contributed by atoms with Gasteiger partial charge in [0.1, 0.15) is 11.5 Å². The molecule has 9 heteroatoms. The molecule has 0 saturated carbocycles. The number of anilines is 1. The van der Waals surface area contributed by atoms with Crippen LogP contribution in [0.3, 0.4) is 0 Å². The number of nitrogens with zero attached hydrogens (tertiary/aromatic N) is 2. The summed E-state index contributed by atoms with van der Waals surface area (Å²) in [6.45, 7) is 3.61. The molecule has 1 heterocycles. The summed E-state index contributed by atoms with van der Waals surface area (Å²) in [5.41, 5.74) is 1.82. The van der Waals surface area contributed by atoms with Crippen LogP contribution in [0.2, 0.25) is 0 Å². The van der Waals surface area contributed by atoms with Gasteiger partial charge in [0.15, 0.2) is 6.61 Å². The Balaban J connectivity index is 1.76. The fourth-order valence-corrected chi connectivity index (χ4v) is 2.69. The van der Waals surface area contributed by atoms with E-state index in [2.05, 4.69) is 10.5 Å². The molecule has 30 heavy (non-hydrogen) atoms. The Morgan fingerprint density at radius 1 is 1.20 bits per heavy atom. The van der Waals surface area contributed by atoms with Gasteiger partial charge in [0.25, 0.3) is 11.6 Å². The molecule has 3 rings (SSSR count). The molecule has 0 aliphatic rings. The minimum Gasteiger partial charge on any atom is -0.497 e. The molecule has 0 bridgehead atoms. The van der Waals surface area contributed by atoms with Crippen LogP contribution in [-0.2, 0) is 4.79 Å². The Labute approximate surface area is 172 Å². The van der Waals surface area contributed by atoms with Crippen molar-refractivity contribution in [1.29, 1.82) is 0 Å². The zero-order valence-electron chi connectivity index (χ0n) is 16.7. The SMILES string of the molecule is COc1ccc(-c2cc([N+](=O)[O-])ccc2OCC(=O)Nc2cc(C(C)C)no2)cc1. The van der Waals surface area contributed by atoms with Crippen LogP contribution in [0.1, 0.15) is 25.5 Å². The number of rotatable bonds is 8. The van der Waals surface area contributed by atoms with Gasteiger partial charge in [0.2, 0.25) is 5.88 Å². The molecule has 0 spiro atoms. The number of amides is 1. The van der Waals surface area contributed by atoms with Crippen molar-refractivity contribution < 1.29 is 23.7 Å². The number of methoxy groups -OCH3 is 1. The molecule has 0 saturated heterocycles. The largest absolute Gasteiger partial charge is 0.497 e. The number of aromatic nitrogens is 1. The van der Waals surface area contributed by atoms with Gasteiger partial charge in [-0.25, -0.2) is 0 Å². The molecular formula is C21H21N3O6. The highest BCUT2D eigenvalue weighted by atomic mass is 16.6. The van der Waals surface area contributed by atoms with E-state index in [0.29, 0.717) is 22.6 Å². The van der Waals surface area contributed by atoms with Crippen LogP contribution >= 0.6 is 0 Å². The maximum atomic E-state index is 12.2. The third-order valence-electron chi connectivity index (χ3n) is 4.32. The highest BCUT2D eigenvalue weighted by Gasteiger charge is 2.16. The molecule has 9 nitrogen and oxygen atoms in total. The van der Waals surface area contributed by atoms with Gasteiger partial charge in [0, 0.05) is 23.8 Å². The van der Waals surface area contributed by atoms with E-state index in [4.69, 9.17) is 14.0 Å². The maximum absolute atomic E-state index is 12.2. The molecule has 1 amide bonds. The monoisotopic (exact) mass is 411 g/mol. The molecule has 0 aliphatic carbocycles. The second-order valence-electron chi connectivity index (χ2n) is 6.77. The van der Waals surface area contributed by atoms with Gasteiger partial charge < -0.3 is 14.0 Å². The molecule has 0 fully saturated rings. The fourth-order valence-electron chi connectivity index (χ4n) is 2.69. The van der Waals surface area contributed by atoms with Gasteiger partial charge in [-0.2, -0.15) is 0 Å². The summed E-state index contributed by atoms with van der Waals surface area (Å²) in [6, 6.07) is 12.8. The first-order valence-electron chi connectivity index (χ1n) is 9.19. The zero-order valence-corrected chi connectivity index (χ0v) is 16.7. The van der Waals surface area contributed by atoms with Gasteiger partial charge in [0.05, 0.1) is 17.7 Å². The predicted octanol–water partition coefficient (Wildman–Crippen LogP) is 4.40. The van der Waals surface area contributed by atoms with Gasteiger partial charge in [-0.1, -0.05) is 31.1 Å². The van der Waals surface area contributed by atoms with Crippen molar-refractivity contribution in [3.8, 4) is 22.6 Å². The number of non-ortho nitro benzene ring substituents is 1. The minimum atomic E-state index is -0.486. The second-order valence-corrected chi connectivity index (χ2v) is 6.77. The Morgan fingerprint density at radius 3 is 2.53 bits per heavy atom. The molecular weight excluding hydrogens is 390 g/mol. The third-order valence-corrected chi connectivity index (χ3v) is 4.32. The second kappa shape index (κ2) is 9.08. The van der Waals surface area contributed by atoms with Crippen molar-refractivity contribution in [3.63, 3.8) is 0 Å². The molecule has 1 N–H and O–H groups in total. The van der Waals surface area contributed by atoms with Crippen LogP contribution in [0.5, 0.6) is 11.5 Å². The number of nitrogens with one attached hydrogen (secondary N) is 1. The minimum absolute atomic E-state index is 0.0829. The quantitative estimate of drug-likeness (QED) is 0.431. The summed E-state index contributed by atoms with van der Waals surface area (Å²) in [5, 5.41) is 17.6. The average Bonchev–Trinajstić information content (AvgIpc) is 3.21. The molecule has 3 aromatic rings. The Kier molecular flexibility index (Phi) is 6.31. The number of carbonyl (C=O) groups excluding carboxylic acids is 1. The van der Waals surface area contributed by atoms with Crippen molar-refractivity contribution in [2.75, 3.05) is 19.0 Å². The molecule has 1 aromatic heterocycles. The summed E-state index contributed by atoms with van der Waals surface area (Å²) < 4.78 is 15.9. The van der Waals surface area contributed by atoms with Crippen LogP contribution < -0.4 is 14.8 Å². The molecule has 0 aliphatic heterocycles. The summed E-state index contributed by atoms with van der Waals surface area (Å²) in [5.74, 6) is 0.940. The van der Waals surface area contributed by atoms with E-state index in [0.717, 1.165) is 5.69 Å². The predicted molar refractivity (Wildman–Crippen MR) is 110 cm³/mol. The number of nitro groups is 1. The first-order valence-corrected chi connectivity index (χ1v) is 9.19. The normalized spacial score (nSPS) is 10.7. The molecule has 0 radical (unpaired) electrons. The highest BCUT2D eigenvalue weighted by Crippen LogP contribution is 2.34. The summed E-state index contributed by atoms with van der Waals surface area (Å²) >= 11 is 0. The number of carbonyl (C=O) groups is 1. The van der Waals surface area contributed by atoms with E-state index in [1.54, 1.807) is 37.4 Å².